The summed E-state index contributed by atoms with van der Waals surface area (Å²) in [5.74, 6) is 0.562. The molecule has 0 unspecified atom stereocenters. The molecule has 3 aromatic rings. The van der Waals surface area contributed by atoms with Crippen molar-refractivity contribution in [3.05, 3.63) is 74.7 Å². The van der Waals surface area contributed by atoms with E-state index >= 15 is 0 Å². The van der Waals surface area contributed by atoms with Crippen LogP contribution in [-0.2, 0) is 24.2 Å². The summed E-state index contributed by atoms with van der Waals surface area (Å²) in [7, 11) is 0. The Bertz CT molecular complexity index is 1230. The highest BCUT2D eigenvalue weighted by molar-refractivity contribution is 7.13. The van der Waals surface area contributed by atoms with E-state index in [1.54, 1.807) is 4.90 Å². The molecule has 1 N–H and O–H groups in total. The standard InChI is InChI=1S/C28H32ClN5O2S.ClH/c1-19-12-14-33(15-13-19)17-21-4-9-24(10-5-21)34-18-23(16-26(34)35)30-27(36)28-32-31-25(37-28)11-6-20-2-7-22(29)8-3-20;/h2-5,7-10,19,23H,6,11-18H2,1H3,(H,30,36);1H/t23-;/m0./s1. The third-order valence-electron chi connectivity index (χ3n) is 7.19. The van der Waals surface area contributed by atoms with Crippen molar-refractivity contribution in [2.75, 3.05) is 24.5 Å². The molecule has 10 heteroatoms. The normalized spacial score (nSPS) is 18.4. The Kier molecular flexibility index (Phi) is 9.76. The van der Waals surface area contributed by atoms with Crippen LogP contribution < -0.4 is 10.2 Å². The average Bonchev–Trinajstić information content (AvgIpc) is 3.52. The molecule has 2 aromatic carbocycles. The van der Waals surface area contributed by atoms with Crippen LogP contribution in [0.2, 0.25) is 5.02 Å². The van der Waals surface area contributed by atoms with Gasteiger partial charge in [0, 0.05) is 36.6 Å². The lowest BCUT2D eigenvalue weighted by atomic mass is 9.99. The zero-order chi connectivity index (χ0) is 25.8. The number of likely N-dealkylation sites (tertiary alicyclic amines) is 1. The van der Waals surface area contributed by atoms with Crippen LogP contribution in [0.5, 0.6) is 0 Å². The summed E-state index contributed by atoms with van der Waals surface area (Å²) >= 11 is 7.24. The van der Waals surface area contributed by atoms with E-state index in [0.717, 1.165) is 48.2 Å². The molecule has 2 aliphatic rings. The van der Waals surface area contributed by atoms with Gasteiger partial charge in [0.15, 0.2) is 0 Å². The number of rotatable bonds is 8. The Balaban J connectivity index is 0.00000336. The lowest BCUT2D eigenvalue weighted by Gasteiger charge is -2.30. The van der Waals surface area contributed by atoms with Gasteiger partial charge in [0.05, 0.1) is 6.04 Å². The summed E-state index contributed by atoms with van der Waals surface area (Å²) in [5.41, 5.74) is 3.29. The van der Waals surface area contributed by atoms with Gasteiger partial charge in [0.2, 0.25) is 10.9 Å². The van der Waals surface area contributed by atoms with Crippen molar-refractivity contribution in [2.45, 2.75) is 51.6 Å². The minimum atomic E-state index is -0.277. The van der Waals surface area contributed by atoms with Gasteiger partial charge in [-0.25, -0.2) is 0 Å². The van der Waals surface area contributed by atoms with Crippen LogP contribution in [0.15, 0.2) is 48.5 Å². The quantitative estimate of drug-likeness (QED) is 0.402. The number of nitrogens with one attached hydrogen (secondary N) is 1. The zero-order valence-corrected chi connectivity index (χ0v) is 23.8. The van der Waals surface area contributed by atoms with E-state index in [2.05, 4.69) is 39.5 Å². The molecule has 0 bridgehead atoms. The molecule has 7 nitrogen and oxygen atoms in total. The zero-order valence-electron chi connectivity index (χ0n) is 21.4. The third kappa shape index (κ3) is 7.32. The van der Waals surface area contributed by atoms with Crippen molar-refractivity contribution in [1.82, 2.24) is 20.4 Å². The first-order valence-electron chi connectivity index (χ1n) is 12.9. The van der Waals surface area contributed by atoms with E-state index < -0.39 is 0 Å². The molecular formula is C28H33Cl2N5O2S. The number of aromatic nitrogens is 2. The molecule has 0 aliphatic carbocycles. The molecule has 5 rings (SSSR count). The Morgan fingerprint density at radius 3 is 2.42 bits per heavy atom. The third-order valence-corrected chi connectivity index (χ3v) is 8.43. The molecule has 2 saturated heterocycles. The number of anilines is 1. The first kappa shape index (κ1) is 28.5. The molecule has 1 aromatic heterocycles. The number of halogens is 2. The second kappa shape index (κ2) is 13.0. The van der Waals surface area contributed by atoms with E-state index in [1.807, 2.05) is 36.4 Å². The van der Waals surface area contributed by atoms with Crippen molar-refractivity contribution in [2.24, 2.45) is 5.92 Å². The predicted molar refractivity (Wildman–Crippen MR) is 154 cm³/mol. The van der Waals surface area contributed by atoms with E-state index in [4.69, 9.17) is 11.6 Å². The second-order valence-corrected chi connectivity index (χ2v) is 11.6. The van der Waals surface area contributed by atoms with E-state index in [0.29, 0.717) is 23.0 Å². The van der Waals surface area contributed by atoms with Gasteiger partial charge in [-0.15, -0.1) is 22.6 Å². The fourth-order valence-electron chi connectivity index (χ4n) is 4.91. The Labute approximate surface area is 239 Å². The number of aryl methyl sites for hydroxylation is 2. The number of carbonyl (C=O) groups is 2. The van der Waals surface area contributed by atoms with Gasteiger partial charge in [-0.2, -0.15) is 0 Å². The van der Waals surface area contributed by atoms with Crippen molar-refractivity contribution < 1.29 is 9.59 Å². The van der Waals surface area contributed by atoms with E-state index in [9.17, 15) is 9.59 Å². The fourth-order valence-corrected chi connectivity index (χ4v) is 5.78. The van der Waals surface area contributed by atoms with Gasteiger partial charge in [0.25, 0.3) is 5.91 Å². The van der Waals surface area contributed by atoms with Gasteiger partial charge in [-0.1, -0.05) is 54.1 Å². The molecule has 2 amide bonds. The lowest BCUT2D eigenvalue weighted by molar-refractivity contribution is -0.117. The molecule has 0 spiro atoms. The van der Waals surface area contributed by atoms with E-state index in [-0.39, 0.29) is 36.7 Å². The Morgan fingerprint density at radius 1 is 1.03 bits per heavy atom. The molecule has 0 saturated carbocycles. The van der Waals surface area contributed by atoms with Crippen LogP contribution >= 0.6 is 35.3 Å². The van der Waals surface area contributed by atoms with Gasteiger partial charge >= 0.3 is 0 Å². The number of carbonyl (C=O) groups excluding carboxylic acids is 2. The molecule has 38 heavy (non-hydrogen) atoms. The number of hydrogen-bond donors (Lipinski definition) is 1. The smallest absolute Gasteiger partial charge is 0.282 e. The van der Waals surface area contributed by atoms with Gasteiger partial charge in [-0.05, 0) is 73.7 Å². The summed E-state index contributed by atoms with van der Waals surface area (Å²) < 4.78 is 0. The second-order valence-electron chi connectivity index (χ2n) is 10.1. The summed E-state index contributed by atoms with van der Waals surface area (Å²) in [6.07, 6.45) is 4.30. The van der Waals surface area contributed by atoms with Crippen molar-refractivity contribution in [1.29, 1.82) is 0 Å². The molecule has 2 fully saturated rings. The van der Waals surface area contributed by atoms with Gasteiger partial charge < -0.3 is 10.2 Å². The van der Waals surface area contributed by atoms with Crippen molar-refractivity contribution in [3.8, 4) is 0 Å². The first-order chi connectivity index (χ1) is 17.9. The number of amides is 2. The minimum Gasteiger partial charge on any atom is -0.345 e. The van der Waals surface area contributed by atoms with Crippen LogP contribution in [0.25, 0.3) is 0 Å². The van der Waals surface area contributed by atoms with Crippen LogP contribution in [0.3, 0.4) is 0 Å². The maximum Gasteiger partial charge on any atom is 0.282 e. The number of piperidine rings is 1. The topological polar surface area (TPSA) is 78.4 Å². The highest BCUT2D eigenvalue weighted by Gasteiger charge is 2.32. The fraction of sp³-hybridized carbons (Fsp3) is 0.429. The molecule has 202 valence electrons. The lowest BCUT2D eigenvalue weighted by Crippen LogP contribution is -2.37. The molecule has 3 heterocycles. The van der Waals surface area contributed by atoms with Crippen LogP contribution in [0.1, 0.15) is 52.1 Å². The summed E-state index contributed by atoms with van der Waals surface area (Å²) in [6.45, 7) is 6.02. The summed E-state index contributed by atoms with van der Waals surface area (Å²) in [6, 6.07) is 15.7. The van der Waals surface area contributed by atoms with Crippen LogP contribution in [0, 0.1) is 5.92 Å². The molecular weight excluding hydrogens is 541 g/mol. The molecule has 1 atom stereocenters. The highest BCUT2D eigenvalue weighted by atomic mass is 35.5. The first-order valence-corrected chi connectivity index (χ1v) is 14.1. The summed E-state index contributed by atoms with van der Waals surface area (Å²) in [4.78, 5) is 29.7. The number of hydrogen-bond acceptors (Lipinski definition) is 6. The molecule has 0 radical (unpaired) electrons. The van der Waals surface area contributed by atoms with Crippen LogP contribution in [-0.4, -0.2) is 52.6 Å². The maximum atomic E-state index is 12.8. The summed E-state index contributed by atoms with van der Waals surface area (Å²) in [5, 5.41) is 13.1. The maximum absolute atomic E-state index is 12.8. The highest BCUT2D eigenvalue weighted by Crippen LogP contribution is 2.24. The SMILES string of the molecule is CC1CCN(Cc2ccc(N3C[C@@H](NC(=O)c4nnc(CCc5ccc(Cl)cc5)s4)CC3=O)cc2)CC1.Cl. The van der Waals surface area contributed by atoms with Gasteiger partial charge in [-0.3, -0.25) is 14.5 Å². The number of nitrogens with zero attached hydrogens (tertiary/aromatic N) is 4. The van der Waals surface area contributed by atoms with Gasteiger partial charge in [0.1, 0.15) is 5.01 Å². The largest absolute Gasteiger partial charge is 0.345 e. The minimum absolute atomic E-state index is 0. The monoisotopic (exact) mass is 573 g/mol. The average molecular weight is 575 g/mol. The Hall–Kier alpha value is -2.52. The number of benzene rings is 2. The van der Waals surface area contributed by atoms with Crippen molar-refractivity contribution in [3.63, 3.8) is 0 Å². The van der Waals surface area contributed by atoms with Crippen LogP contribution in [0.4, 0.5) is 5.69 Å². The Morgan fingerprint density at radius 2 is 1.71 bits per heavy atom. The van der Waals surface area contributed by atoms with Crippen molar-refractivity contribution >= 4 is 52.8 Å². The predicted octanol–water partition coefficient (Wildman–Crippen LogP) is 5.17. The van der Waals surface area contributed by atoms with E-state index in [1.165, 1.54) is 29.7 Å². The molecule has 2 aliphatic heterocycles.